The quantitative estimate of drug-likeness (QED) is 0.306. The summed E-state index contributed by atoms with van der Waals surface area (Å²) in [5.41, 5.74) is -0.488. The SMILES string of the molecule is CN(CC#CCN1CCCC1)C(=O)CCCCNC(=O)OC(C)(C)C.O=C(O)C(=O)O. The first-order valence-corrected chi connectivity index (χ1v) is 10.3. The topological polar surface area (TPSA) is 136 Å². The van der Waals surface area contributed by atoms with Gasteiger partial charge >= 0.3 is 18.0 Å². The molecule has 1 rings (SSSR count). The van der Waals surface area contributed by atoms with Crippen molar-refractivity contribution in [3.8, 4) is 11.8 Å². The minimum absolute atomic E-state index is 0.0905. The second-order valence-corrected chi connectivity index (χ2v) is 8.08. The first-order valence-electron chi connectivity index (χ1n) is 10.3. The molecule has 1 aliphatic heterocycles. The number of carbonyl (C=O) groups excluding carboxylic acids is 2. The number of alkyl carbamates (subject to hydrolysis) is 1. The molecule has 0 aromatic rings. The largest absolute Gasteiger partial charge is 0.473 e. The van der Waals surface area contributed by atoms with Crippen LogP contribution in [0.4, 0.5) is 4.79 Å². The summed E-state index contributed by atoms with van der Waals surface area (Å²) in [6, 6.07) is 0. The number of carbonyl (C=O) groups is 4. The fourth-order valence-electron chi connectivity index (χ4n) is 2.47. The average molecular weight is 442 g/mol. The van der Waals surface area contributed by atoms with Gasteiger partial charge in [0.15, 0.2) is 0 Å². The normalized spacial score (nSPS) is 13.2. The summed E-state index contributed by atoms with van der Waals surface area (Å²) >= 11 is 0. The highest BCUT2D eigenvalue weighted by molar-refractivity contribution is 6.27. The predicted octanol–water partition coefficient (Wildman–Crippen LogP) is 1.39. The van der Waals surface area contributed by atoms with E-state index in [0.717, 1.165) is 32.5 Å². The van der Waals surface area contributed by atoms with E-state index in [-0.39, 0.29) is 5.91 Å². The minimum Gasteiger partial charge on any atom is -0.473 e. The highest BCUT2D eigenvalue weighted by Crippen LogP contribution is 2.07. The number of amides is 2. The number of hydrogen-bond acceptors (Lipinski definition) is 6. The number of carboxylic acid groups (broad SMARTS) is 2. The second kappa shape index (κ2) is 15.1. The predicted molar refractivity (Wildman–Crippen MR) is 114 cm³/mol. The van der Waals surface area contributed by atoms with Gasteiger partial charge in [-0.15, -0.1) is 0 Å². The summed E-state index contributed by atoms with van der Waals surface area (Å²) in [6.07, 6.45) is 4.08. The lowest BCUT2D eigenvalue weighted by Gasteiger charge is -2.19. The van der Waals surface area contributed by atoms with E-state index in [2.05, 4.69) is 22.1 Å². The number of aliphatic carboxylic acids is 2. The lowest BCUT2D eigenvalue weighted by Crippen LogP contribution is -2.33. The molecule has 0 aromatic heterocycles. The van der Waals surface area contributed by atoms with E-state index in [9.17, 15) is 9.59 Å². The van der Waals surface area contributed by atoms with Gasteiger partial charge in [0.25, 0.3) is 0 Å². The highest BCUT2D eigenvalue weighted by Gasteiger charge is 2.15. The van der Waals surface area contributed by atoms with Gasteiger partial charge in [-0.05, 0) is 59.5 Å². The third-order valence-corrected chi connectivity index (χ3v) is 4.04. The maximum Gasteiger partial charge on any atom is 0.414 e. The van der Waals surface area contributed by atoms with Crippen molar-refractivity contribution in [2.45, 2.75) is 58.5 Å². The molecule has 0 saturated carbocycles. The van der Waals surface area contributed by atoms with Crippen LogP contribution in [-0.4, -0.2) is 89.3 Å². The maximum absolute atomic E-state index is 12.0. The van der Waals surface area contributed by atoms with Crippen LogP contribution in [0.2, 0.25) is 0 Å². The highest BCUT2D eigenvalue weighted by atomic mass is 16.6. The molecule has 1 saturated heterocycles. The first-order chi connectivity index (χ1) is 14.4. The molecule has 1 fully saturated rings. The summed E-state index contributed by atoms with van der Waals surface area (Å²) < 4.78 is 5.15. The van der Waals surface area contributed by atoms with Gasteiger partial charge < -0.3 is 25.2 Å². The van der Waals surface area contributed by atoms with Crippen molar-refractivity contribution in [2.24, 2.45) is 0 Å². The van der Waals surface area contributed by atoms with Crippen molar-refractivity contribution in [1.29, 1.82) is 0 Å². The van der Waals surface area contributed by atoms with Crippen LogP contribution in [0.25, 0.3) is 0 Å². The van der Waals surface area contributed by atoms with E-state index >= 15 is 0 Å². The van der Waals surface area contributed by atoms with E-state index in [1.54, 1.807) is 11.9 Å². The van der Waals surface area contributed by atoms with Crippen molar-refractivity contribution in [1.82, 2.24) is 15.1 Å². The molecule has 0 unspecified atom stereocenters. The van der Waals surface area contributed by atoms with E-state index < -0.39 is 23.6 Å². The zero-order chi connectivity index (χ0) is 23.9. The number of carboxylic acids is 2. The summed E-state index contributed by atoms with van der Waals surface area (Å²) in [5, 5.41) is 17.5. The molecule has 10 heteroatoms. The van der Waals surface area contributed by atoms with Crippen LogP contribution in [0, 0.1) is 11.8 Å². The molecule has 2 amide bonds. The number of likely N-dealkylation sites (tertiary alicyclic amines) is 1. The standard InChI is InChI=1S/C19H33N3O3.C2H2O4/c1-19(2,3)25-18(24)20-12-6-5-11-17(23)21(4)13-7-8-14-22-15-9-10-16-22;3-1(4)2(5)6/h5-6,9-16H2,1-4H3,(H,20,24);(H,3,4)(H,5,6). The van der Waals surface area contributed by atoms with Gasteiger partial charge in [0, 0.05) is 20.0 Å². The van der Waals surface area contributed by atoms with Crippen molar-refractivity contribution in [2.75, 3.05) is 39.8 Å². The zero-order valence-electron chi connectivity index (χ0n) is 18.9. The molecule has 0 aliphatic carbocycles. The molecule has 1 heterocycles. The summed E-state index contributed by atoms with van der Waals surface area (Å²) in [7, 11) is 1.78. The minimum atomic E-state index is -1.82. The van der Waals surface area contributed by atoms with Gasteiger partial charge in [-0.25, -0.2) is 14.4 Å². The number of ether oxygens (including phenoxy) is 1. The van der Waals surface area contributed by atoms with Gasteiger partial charge in [-0.2, -0.15) is 0 Å². The lowest BCUT2D eigenvalue weighted by atomic mass is 10.2. The van der Waals surface area contributed by atoms with Crippen molar-refractivity contribution in [3.05, 3.63) is 0 Å². The maximum atomic E-state index is 12.0. The van der Waals surface area contributed by atoms with Gasteiger partial charge in [0.05, 0.1) is 13.1 Å². The number of rotatable bonds is 7. The fraction of sp³-hybridized carbons (Fsp3) is 0.714. The van der Waals surface area contributed by atoms with Gasteiger partial charge in [-0.1, -0.05) is 11.8 Å². The monoisotopic (exact) mass is 441 g/mol. The van der Waals surface area contributed by atoms with Gasteiger partial charge in [0.1, 0.15) is 5.60 Å². The molecule has 0 atom stereocenters. The Kier molecular flexibility index (Phi) is 13.7. The number of unbranched alkanes of at least 4 members (excludes halogenated alkanes) is 1. The number of nitrogens with one attached hydrogen (secondary N) is 1. The molecule has 1 aliphatic rings. The molecule has 10 nitrogen and oxygen atoms in total. The fourth-order valence-corrected chi connectivity index (χ4v) is 2.47. The van der Waals surface area contributed by atoms with Crippen LogP contribution in [0.1, 0.15) is 52.9 Å². The molecular weight excluding hydrogens is 406 g/mol. The van der Waals surface area contributed by atoms with Crippen LogP contribution in [0.5, 0.6) is 0 Å². The Bertz CT molecular complexity index is 644. The van der Waals surface area contributed by atoms with Crippen molar-refractivity contribution >= 4 is 23.9 Å². The molecule has 31 heavy (non-hydrogen) atoms. The van der Waals surface area contributed by atoms with Crippen molar-refractivity contribution < 1.29 is 34.1 Å². The Morgan fingerprint density at radius 2 is 1.61 bits per heavy atom. The summed E-state index contributed by atoms with van der Waals surface area (Å²) in [6.45, 7) is 9.56. The molecule has 0 radical (unpaired) electrons. The first kappa shape index (κ1) is 28.2. The molecule has 0 bridgehead atoms. The lowest BCUT2D eigenvalue weighted by molar-refractivity contribution is -0.159. The Morgan fingerprint density at radius 3 is 2.13 bits per heavy atom. The smallest absolute Gasteiger partial charge is 0.414 e. The number of nitrogens with zero attached hydrogens (tertiary/aromatic N) is 2. The third kappa shape index (κ3) is 16.7. The van der Waals surface area contributed by atoms with Crippen LogP contribution in [-0.2, 0) is 19.1 Å². The second-order valence-electron chi connectivity index (χ2n) is 8.08. The Balaban J connectivity index is 0.00000131. The Labute approximate surface area is 183 Å². The van der Waals surface area contributed by atoms with E-state index in [0.29, 0.717) is 19.5 Å². The molecule has 3 N–H and O–H groups in total. The van der Waals surface area contributed by atoms with Gasteiger partial charge in [0.2, 0.25) is 5.91 Å². The van der Waals surface area contributed by atoms with Crippen LogP contribution in [0.3, 0.4) is 0 Å². The van der Waals surface area contributed by atoms with Crippen LogP contribution in [0.15, 0.2) is 0 Å². The third-order valence-electron chi connectivity index (χ3n) is 4.04. The Hall–Kier alpha value is -2.80. The van der Waals surface area contributed by atoms with E-state index in [4.69, 9.17) is 24.5 Å². The molecule has 0 spiro atoms. The van der Waals surface area contributed by atoms with Crippen LogP contribution < -0.4 is 5.32 Å². The molecule has 176 valence electrons. The number of hydrogen-bond donors (Lipinski definition) is 3. The van der Waals surface area contributed by atoms with E-state index in [1.807, 2.05) is 20.8 Å². The molecule has 0 aromatic carbocycles. The zero-order valence-corrected chi connectivity index (χ0v) is 18.9. The summed E-state index contributed by atoms with van der Waals surface area (Å²) in [4.78, 5) is 45.7. The summed E-state index contributed by atoms with van der Waals surface area (Å²) in [5.74, 6) is 2.65. The van der Waals surface area contributed by atoms with Gasteiger partial charge in [-0.3, -0.25) is 9.69 Å². The van der Waals surface area contributed by atoms with Crippen LogP contribution >= 0.6 is 0 Å². The average Bonchev–Trinajstić information content (AvgIpc) is 3.17. The molecular formula is C21H35N3O7. The Morgan fingerprint density at radius 1 is 1.03 bits per heavy atom. The van der Waals surface area contributed by atoms with E-state index in [1.165, 1.54) is 12.8 Å². The van der Waals surface area contributed by atoms with Crippen molar-refractivity contribution in [3.63, 3.8) is 0 Å².